The highest BCUT2D eigenvalue weighted by molar-refractivity contribution is 5.94. The number of nitrogens with zero attached hydrogens (tertiary/aromatic N) is 1. The van der Waals surface area contributed by atoms with Crippen LogP contribution in [0.5, 0.6) is 0 Å². The van der Waals surface area contributed by atoms with Gasteiger partial charge in [-0.25, -0.2) is 4.39 Å². The van der Waals surface area contributed by atoms with Gasteiger partial charge in [0.05, 0.1) is 18.3 Å². The lowest BCUT2D eigenvalue weighted by molar-refractivity contribution is 0.0120. The first-order chi connectivity index (χ1) is 9.22. The van der Waals surface area contributed by atoms with Gasteiger partial charge in [-0.1, -0.05) is 12.1 Å². The lowest BCUT2D eigenvalue weighted by Gasteiger charge is -2.32. The summed E-state index contributed by atoms with van der Waals surface area (Å²) in [5.74, 6) is -0.704. The summed E-state index contributed by atoms with van der Waals surface area (Å²) in [6, 6.07) is 6.09. The summed E-state index contributed by atoms with van der Waals surface area (Å²) >= 11 is 0. The Morgan fingerprint density at radius 3 is 2.68 bits per heavy atom. The molecule has 1 aliphatic rings. The predicted octanol–water partition coefficient (Wildman–Crippen LogP) is 1.41. The molecule has 2 rings (SSSR count). The van der Waals surface area contributed by atoms with Crippen molar-refractivity contribution in [2.75, 3.05) is 26.2 Å². The molecule has 1 fully saturated rings. The molecule has 104 valence electrons. The molecule has 0 unspecified atom stereocenters. The Balaban J connectivity index is 1.91. The summed E-state index contributed by atoms with van der Waals surface area (Å²) in [7, 11) is 0. The normalized spacial score (nSPS) is 16.6. The van der Waals surface area contributed by atoms with E-state index in [4.69, 9.17) is 10.5 Å². The van der Waals surface area contributed by atoms with Crippen molar-refractivity contribution >= 4 is 5.91 Å². The first-order valence-electron chi connectivity index (χ1n) is 6.58. The van der Waals surface area contributed by atoms with Crippen LogP contribution in [0.25, 0.3) is 0 Å². The maximum Gasteiger partial charge on any atom is 0.256 e. The van der Waals surface area contributed by atoms with Gasteiger partial charge in [0.15, 0.2) is 0 Å². The molecule has 0 saturated carbocycles. The molecule has 0 aromatic heterocycles. The van der Waals surface area contributed by atoms with Crippen molar-refractivity contribution in [3.05, 3.63) is 35.6 Å². The molecule has 19 heavy (non-hydrogen) atoms. The minimum Gasteiger partial charge on any atom is -0.377 e. The third-order valence-corrected chi connectivity index (χ3v) is 3.30. The van der Waals surface area contributed by atoms with Crippen molar-refractivity contribution in [1.29, 1.82) is 0 Å². The van der Waals surface area contributed by atoms with Crippen LogP contribution in [-0.4, -0.2) is 43.2 Å². The zero-order chi connectivity index (χ0) is 13.7. The highest BCUT2D eigenvalue weighted by Crippen LogP contribution is 2.17. The first kappa shape index (κ1) is 14.0. The lowest BCUT2D eigenvalue weighted by atomic mass is 10.1. The number of carbonyl (C=O) groups is 1. The number of halogens is 1. The van der Waals surface area contributed by atoms with Crippen LogP contribution < -0.4 is 5.73 Å². The van der Waals surface area contributed by atoms with Gasteiger partial charge in [-0.05, 0) is 25.0 Å². The number of carbonyl (C=O) groups excluding carboxylic acids is 1. The van der Waals surface area contributed by atoms with E-state index in [0.29, 0.717) is 26.2 Å². The Morgan fingerprint density at radius 2 is 2.05 bits per heavy atom. The molecule has 5 heteroatoms. The summed E-state index contributed by atoms with van der Waals surface area (Å²) in [5, 5.41) is 0. The Bertz CT molecular complexity index is 431. The quantitative estimate of drug-likeness (QED) is 0.896. The van der Waals surface area contributed by atoms with E-state index in [9.17, 15) is 9.18 Å². The maximum atomic E-state index is 13.6. The number of amides is 1. The Kier molecular flexibility index (Phi) is 4.87. The zero-order valence-corrected chi connectivity index (χ0v) is 10.8. The number of hydrogen-bond acceptors (Lipinski definition) is 3. The van der Waals surface area contributed by atoms with Crippen LogP contribution in [0.4, 0.5) is 4.39 Å². The summed E-state index contributed by atoms with van der Waals surface area (Å²) in [4.78, 5) is 13.8. The summed E-state index contributed by atoms with van der Waals surface area (Å²) < 4.78 is 19.1. The van der Waals surface area contributed by atoms with Crippen LogP contribution in [0.1, 0.15) is 23.2 Å². The van der Waals surface area contributed by atoms with Crippen molar-refractivity contribution in [2.45, 2.75) is 18.9 Å². The van der Waals surface area contributed by atoms with Gasteiger partial charge in [0, 0.05) is 19.6 Å². The number of likely N-dealkylation sites (tertiary alicyclic amines) is 1. The van der Waals surface area contributed by atoms with E-state index in [1.54, 1.807) is 17.0 Å². The van der Waals surface area contributed by atoms with E-state index in [-0.39, 0.29) is 17.6 Å². The topological polar surface area (TPSA) is 55.6 Å². The molecule has 4 nitrogen and oxygen atoms in total. The molecule has 0 atom stereocenters. The summed E-state index contributed by atoms with van der Waals surface area (Å²) in [6.07, 6.45) is 1.72. The second-order valence-corrected chi connectivity index (χ2v) is 4.63. The largest absolute Gasteiger partial charge is 0.377 e. The smallest absolute Gasteiger partial charge is 0.256 e. The molecule has 1 aromatic rings. The molecule has 0 aliphatic carbocycles. The molecule has 1 amide bonds. The number of rotatable bonds is 4. The molecular weight excluding hydrogens is 247 g/mol. The second kappa shape index (κ2) is 6.63. The molecule has 2 N–H and O–H groups in total. The van der Waals surface area contributed by atoms with Gasteiger partial charge in [0.25, 0.3) is 5.91 Å². The average Bonchev–Trinajstić information content (AvgIpc) is 2.45. The standard InChI is InChI=1S/C14H19FN2O2/c15-13-4-2-1-3-12(13)14(18)17-8-5-11(6-9-17)19-10-7-16/h1-4,11H,5-10,16H2. The van der Waals surface area contributed by atoms with Crippen molar-refractivity contribution in [1.82, 2.24) is 4.90 Å². The molecular formula is C14H19FN2O2. The van der Waals surface area contributed by atoms with Gasteiger partial charge in [0.2, 0.25) is 0 Å². The predicted molar refractivity (Wildman–Crippen MR) is 70.3 cm³/mol. The number of piperidine rings is 1. The van der Waals surface area contributed by atoms with Crippen molar-refractivity contribution in [2.24, 2.45) is 5.73 Å². The molecule has 1 aromatic carbocycles. The SMILES string of the molecule is NCCOC1CCN(C(=O)c2ccccc2F)CC1. The highest BCUT2D eigenvalue weighted by Gasteiger charge is 2.25. The average molecular weight is 266 g/mol. The second-order valence-electron chi connectivity index (χ2n) is 4.63. The summed E-state index contributed by atoms with van der Waals surface area (Å²) in [5.41, 5.74) is 5.53. The Labute approximate surface area is 112 Å². The summed E-state index contributed by atoms with van der Waals surface area (Å²) in [6.45, 7) is 2.26. The van der Waals surface area contributed by atoms with Gasteiger partial charge in [0.1, 0.15) is 5.82 Å². The molecule has 1 aliphatic heterocycles. The molecule has 1 heterocycles. The van der Waals surface area contributed by atoms with Crippen LogP contribution in [0.15, 0.2) is 24.3 Å². The molecule has 0 bridgehead atoms. The van der Waals surface area contributed by atoms with Gasteiger partial charge < -0.3 is 15.4 Å². The van der Waals surface area contributed by atoms with Crippen LogP contribution in [0.3, 0.4) is 0 Å². The van der Waals surface area contributed by atoms with Gasteiger partial charge in [-0.2, -0.15) is 0 Å². The minimum atomic E-state index is -0.464. The minimum absolute atomic E-state index is 0.142. The third-order valence-electron chi connectivity index (χ3n) is 3.30. The number of nitrogens with two attached hydrogens (primary N) is 1. The monoisotopic (exact) mass is 266 g/mol. The third kappa shape index (κ3) is 3.52. The van der Waals surface area contributed by atoms with Crippen LogP contribution >= 0.6 is 0 Å². The fourth-order valence-electron chi connectivity index (χ4n) is 2.27. The fourth-order valence-corrected chi connectivity index (χ4v) is 2.27. The van der Waals surface area contributed by atoms with E-state index < -0.39 is 5.82 Å². The van der Waals surface area contributed by atoms with E-state index in [1.165, 1.54) is 12.1 Å². The van der Waals surface area contributed by atoms with Crippen molar-refractivity contribution < 1.29 is 13.9 Å². The first-order valence-corrected chi connectivity index (χ1v) is 6.58. The number of benzene rings is 1. The van der Waals surface area contributed by atoms with E-state index >= 15 is 0 Å². The Hall–Kier alpha value is -1.46. The molecule has 0 radical (unpaired) electrons. The maximum absolute atomic E-state index is 13.6. The van der Waals surface area contributed by atoms with Gasteiger partial charge in [-0.3, -0.25) is 4.79 Å². The number of ether oxygens (including phenoxy) is 1. The Morgan fingerprint density at radius 1 is 1.37 bits per heavy atom. The van der Waals surface area contributed by atoms with Crippen LogP contribution in [0, 0.1) is 5.82 Å². The van der Waals surface area contributed by atoms with Gasteiger partial charge in [-0.15, -0.1) is 0 Å². The van der Waals surface area contributed by atoms with Gasteiger partial charge >= 0.3 is 0 Å². The number of hydrogen-bond donors (Lipinski definition) is 1. The van der Waals surface area contributed by atoms with Crippen LogP contribution in [0.2, 0.25) is 0 Å². The molecule has 1 saturated heterocycles. The fraction of sp³-hybridized carbons (Fsp3) is 0.500. The van der Waals surface area contributed by atoms with E-state index in [0.717, 1.165) is 12.8 Å². The van der Waals surface area contributed by atoms with Crippen LogP contribution in [-0.2, 0) is 4.74 Å². The van der Waals surface area contributed by atoms with E-state index in [2.05, 4.69) is 0 Å². The molecule has 0 spiro atoms. The van der Waals surface area contributed by atoms with E-state index in [1.807, 2.05) is 0 Å². The van der Waals surface area contributed by atoms with Crippen molar-refractivity contribution in [3.63, 3.8) is 0 Å². The lowest BCUT2D eigenvalue weighted by Crippen LogP contribution is -2.41. The highest BCUT2D eigenvalue weighted by atomic mass is 19.1. The zero-order valence-electron chi connectivity index (χ0n) is 10.8. The van der Waals surface area contributed by atoms with Crippen molar-refractivity contribution in [3.8, 4) is 0 Å².